The van der Waals surface area contributed by atoms with Crippen LogP contribution in [0.25, 0.3) is 11.5 Å². The highest BCUT2D eigenvalue weighted by Crippen LogP contribution is 2.18. The maximum atomic E-state index is 12.2. The molecule has 1 heterocycles. The van der Waals surface area contributed by atoms with Gasteiger partial charge < -0.3 is 9.26 Å². The number of hydrogen-bond donors (Lipinski definition) is 1. The minimum Gasteiger partial charge on any atom is -0.454 e. The number of esters is 1. The molecule has 9 heteroatoms. The minimum absolute atomic E-state index is 0.103. The first-order valence-corrected chi connectivity index (χ1v) is 10.8. The molecule has 0 bridgehead atoms. The first kappa shape index (κ1) is 20.7. The molecule has 1 N–H and O–H groups in total. The van der Waals surface area contributed by atoms with Crippen molar-refractivity contribution < 1.29 is 22.5 Å². The standard InChI is InChI=1S/C20H21N3O5S/c1-14-3-7-16(8-4-14)19-22-18(23-28-19)13-27-20(24)17-9-5-15(6-10-17)11-12-21-29(2,25)26/h3-10,21H,11-13H2,1-2H3. The van der Waals surface area contributed by atoms with E-state index in [2.05, 4.69) is 14.9 Å². The zero-order chi connectivity index (χ0) is 20.9. The van der Waals surface area contributed by atoms with Crippen LogP contribution in [0.3, 0.4) is 0 Å². The van der Waals surface area contributed by atoms with Gasteiger partial charge in [-0.2, -0.15) is 4.98 Å². The highest BCUT2D eigenvalue weighted by atomic mass is 32.2. The summed E-state index contributed by atoms with van der Waals surface area (Å²) < 4.78 is 35.0. The minimum atomic E-state index is -3.21. The molecule has 0 aliphatic rings. The average molecular weight is 415 g/mol. The van der Waals surface area contributed by atoms with Crippen molar-refractivity contribution in [2.75, 3.05) is 12.8 Å². The third-order valence-corrected chi connectivity index (χ3v) is 4.80. The summed E-state index contributed by atoms with van der Waals surface area (Å²) >= 11 is 0. The number of benzene rings is 2. The lowest BCUT2D eigenvalue weighted by Gasteiger charge is -2.05. The van der Waals surface area contributed by atoms with Crippen LogP contribution in [0.5, 0.6) is 0 Å². The van der Waals surface area contributed by atoms with Crippen LogP contribution in [0.15, 0.2) is 53.1 Å². The van der Waals surface area contributed by atoms with Gasteiger partial charge in [0.2, 0.25) is 15.8 Å². The fourth-order valence-electron chi connectivity index (χ4n) is 2.53. The summed E-state index contributed by atoms with van der Waals surface area (Å²) in [5, 5.41) is 3.83. The van der Waals surface area contributed by atoms with Crippen molar-refractivity contribution in [1.82, 2.24) is 14.9 Å². The van der Waals surface area contributed by atoms with Crippen molar-refractivity contribution in [3.05, 3.63) is 71.0 Å². The smallest absolute Gasteiger partial charge is 0.338 e. The van der Waals surface area contributed by atoms with Gasteiger partial charge in [-0.05, 0) is 43.2 Å². The van der Waals surface area contributed by atoms with Gasteiger partial charge in [-0.3, -0.25) is 0 Å². The van der Waals surface area contributed by atoms with Gasteiger partial charge in [0.25, 0.3) is 5.89 Å². The molecule has 2 aromatic carbocycles. The molecule has 0 unspecified atom stereocenters. The molecule has 3 aromatic rings. The molecule has 0 spiro atoms. The Morgan fingerprint density at radius 3 is 2.45 bits per heavy atom. The molecular weight excluding hydrogens is 394 g/mol. The normalized spacial score (nSPS) is 11.4. The fourth-order valence-corrected chi connectivity index (χ4v) is 3.00. The molecule has 1 aromatic heterocycles. The summed E-state index contributed by atoms with van der Waals surface area (Å²) in [7, 11) is -3.21. The molecule has 8 nitrogen and oxygen atoms in total. The van der Waals surface area contributed by atoms with Crippen LogP contribution in [0.1, 0.15) is 27.3 Å². The van der Waals surface area contributed by atoms with Gasteiger partial charge in [-0.1, -0.05) is 35.0 Å². The molecule has 29 heavy (non-hydrogen) atoms. The van der Waals surface area contributed by atoms with E-state index in [9.17, 15) is 13.2 Å². The average Bonchev–Trinajstić information content (AvgIpc) is 3.15. The van der Waals surface area contributed by atoms with Gasteiger partial charge in [0.1, 0.15) is 0 Å². The highest BCUT2D eigenvalue weighted by Gasteiger charge is 2.12. The van der Waals surface area contributed by atoms with E-state index in [1.165, 1.54) is 0 Å². The molecule has 3 rings (SSSR count). The Bertz CT molecular complexity index is 1070. The predicted molar refractivity (Wildman–Crippen MR) is 107 cm³/mol. The molecule has 0 saturated heterocycles. The van der Waals surface area contributed by atoms with E-state index in [0.717, 1.165) is 22.9 Å². The number of ether oxygens (including phenoxy) is 1. The lowest BCUT2D eigenvalue weighted by Crippen LogP contribution is -2.24. The van der Waals surface area contributed by atoms with Gasteiger partial charge in [0.05, 0.1) is 11.8 Å². The van der Waals surface area contributed by atoms with Crippen LogP contribution in [-0.2, 0) is 27.8 Å². The zero-order valence-electron chi connectivity index (χ0n) is 16.1. The Kier molecular flexibility index (Phi) is 6.40. The number of aromatic nitrogens is 2. The van der Waals surface area contributed by atoms with E-state index in [1.807, 2.05) is 31.2 Å². The molecule has 0 aliphatic heterocycles. The van der Waals surface area contributed by atoms with Gasteiger partial charge in [-0.15, -0.1) is 0 Å². The van der Waals surface area contributed by atoms with E-state index >= 15 is 0 Å². The maximum Gasteiger partial charge on any atom is 0.338 e. The lowest BCUT2D eigenvalue weighted by atomic mass is 10.1. The summed E-state index contributed by atoms with van der Waals surface area (Å²) in [6.07, 6.45) is 1.63. The molecule has 0 atom stereocenters. The van der Waals surface area contributed by atoms with E-state index < -0.39 is 16.0 Å². The number of aryl methyl sites for hydroxylation is 1. The van der Waals surface area contributed by atoms with E-state index in [0.29, 0.717) is 24.4 Å². The second kappa shape index (κ2) is 8.97. The summed E-state index contributed by atoms with van der Waals surface area (Å²) in [6, 6.07) is 14.4. The number of sulfonamides is 1. The lowest BCUT2D eigenvalue weighted by molar-refractivity contribution is 0.0459. The number of carbonyl (C=O) groups excluding carboxylic acids is 1. The third-order valence-electron chi connectivity index (χ3n) is 4.07. The SMILES string of the molecule is Cc1ccc(-c2nc(COC(=O)c3ccc(CCNS(C)(=O)=O)cc3)no2)cc1. The van der Waals surface area contributed by atoms with E-state index in [1.54, 1.807) is 24.3 Å². The second-order valence-electron chi connectivity index (χ2n) is 6.57. The Balaban J connectivity index is 1.52. The second-order valence-corrected chi connectivity index (χ2v) is 8.40. The number of hydrogen-bond acceptors (Lipinski definition) is 7. The van der Waals surface area contributed by atoms with Crippen molar-refractivity contribution in [3.8, 4) is 11.5 Å². The highest BCUT2D eigenvalue weighted by molar-refractivity contribution is 7.88. The van der Waals surface area contributed by atoms with Crippen molar-refractivity contribution >= 4 is 16.0 Å². The van der Waals surface area contributed by atoms with Crippen LogP contribution in [0, 0.1) is 6.92 Å². The summed E-state index contributed by atoms with van der Waals surface area (Å²) in [5.41, 5.74) is 3.20. The Labute approximate surface area is 169 Å². The topological polar surface area (TPSA) is 111 Å². The fraction of sp³-hybridized carbons (Fsp3) is 0.250. The number of nitrogens with zero attached hydrogens (tertiary/aromatic N) is 2. The Morgan fingerprint density at radius 2 is 1.79 bits per heavy atom. The van der Waals surface area contributed by atoms with E-state index in [-0.39, 0.29) is 12.4 Å². The Hall–Kier alpha value is -3.04. The molecule has 152 valence electrons. The number of nitrogens with one attached hydrogen (secondary N) is 1. The third kappa shape index (κ3) is 6.23. The van der Waals surface area contributed by atoms with Gasteiger partial charge >= 0.3 is 5.97 Å². The van der Waals surface area contributed by atoms with Gasteiger partial charge in [0.15, 0.2) is 6.61 Å². The molecule has 0 aliphatic carbocycles. The maximum absolute atomic E-state index is 12.2. The summed E-state index contributed by atoms with van der Waals surface area (Å²) in [4.78, 5) is 16.4. The molecule has 0 fully saturated rings. The van der Waals surface area contributed by atoms with E-state index in [4.69, 9.17) is 9.26 Å². The summed E-state index contributed by atoms with van der Waals surface area (Å²) in [5.74, 6) is 0.132. The van der Waals surface area contributed by atoms with Gasteiger partial charge in [-0.25, -0.2) is 17.9 Å². The molecule has 0 saturated carbocycles. The van der Waals surface area contributed by atoms with Crippen LogP contribution in [0.2, 0.25) is 0 Å². The first-order valence-electron chi connectivity index (χ1n) is 8.90. The van der Waals surface area contributed by atoms with Crippen molar-refractivity contribution in [3.63, 3.8) is 0 Å². The molecule has 0 radical (unpaired) electrons. The predicted octanol–water partition coefficient (Wildman–Crippen LogP) is 2.49. The number of rotatable bonds is 8. The van der Waals surface area contributed by atoms with Crippen LogP contribution in [0.4, 0.5) is 0 Å². The van der Waals surface area contributed by atoms with Crippen molar-refractivity contribution in [1.29, 1.82) is 0 Å². The van der Waals surface area contributed by atoms with Crippen LogP contribution in [-0.4, -0.2) is 37.3 Å². The summed E-state index contributed by atoms with van der Waals surface area (Å²) in [6.45, 7) is 2.18. The monoisotopic (exact) mass is 415 g/mol. The molecular formula is C20H21N3O5S. The number of carbonyl (C=O) groups is 1. The van der Waals surface area contributed by atoms with Crippen LogP contribution >= 0.6 is 0 Å². The quantitative estimate of drug-likeness (QED) is 0.563. The van der Waals surface area contributed by atoms with Crippen molar-refractivity contribution in [2.45, 2.75) is 20.0 Å². The van der Waals surface area contributed by atoms with Crippen molar-refractivity contribution in [2.24, 2.45) is 0 Å². The Morgan fingerprint density at radius 1 is 1.10 bits per heavy atom. The first-order chi connectivity index (χ1) is 13.8. The van der Waals surface area contributed by atoms with Gasteiger partial charge in [0, 0.05) is 12.1 Å². The molecule has 0 amide bonds. The van der Waals surface area contributed by atoms with Crippen LogP contribution < -0.4 is 4.72 Å². The largest absolute Gasteiger partial charge is 0.454 e. The zero-order valence-corrected chi connectivity index (χ0v) is 16.9.